The lowest BCUT2D eigenvalue weighted by Crippen LogP contribution is -2.39. The number of halogens is 2. The molecule has 0 aliphatic rings. The fraction of sp³-hybridized carbons (Fsp3) is 0.222. The van der Waals surface area contributed by atoms with Gasteiger partial charge in [-0.2, -0.15) is 0 Å². The highest BCUT2D eigenvalue weighted by Crippen LogP contribution is 2.31. The van der Waals surface area contributed by atoms with E-state index in [-0.39, 0.29) is 18.6 Å². The number of rotatable bonds is 8. The molecule has 0 fully saturated rings. The molecular weight excluding hydrogens is 471 g/mol. The second-order valence-electron chi connectivity index (χ2n) is 8.45. The Hall–Kier alpha value is -2.99. The number of aromatic nitrogens is 1. The quantitative estimate of drug-likeness (QED) is 0.269. The van der Waals surface area contributed by atoms with Crippen LogP contribution >= 0.6 is 23.2 Å². The van der Waals surface area contributed by atoms with Crippen LogP contribution in [0.5, 0.6) is 5.75 Å². The van der Waals surface area contributed by atoms with Gasteiger partial charge in [-0.05, 0) is 73.4 Å². The Kier molecular flexibility index (Phi) is 7.47. The fourth-order valence-electron chi connectivity index (χ4n) is 3.95. The number of carbonyl (C=O) groups is 1. The van der Waals surface area contributed by atoms with E-state index in [0.29, 0.717) is 27.8 Å². The van der Waals surface area contributed by atoms with E-state index >= 15 is 0 Å². The van der Waals surface area contributed by atoms with Crippen molar-refractivity contribution in [3.8, 4) is 16.9 Å². The average molecular weight is 497 g/mol. The van der Waals surface area contributed by atoms with Crippen LogP contribution in [0.25, 0.3) is 22.0 Å². The smallest absolute Gasteiger partial charge is 0.255 e. The Bertz CT molecular complexity index is 1300. The van der Waals surface area contributed by atoms with E-state index in [4.69, 9.17) is 27.9 Å². The lowest BCUT2D eigenvalue weighted by Gasteiger charge is -2.19. The molecule has 3 N–H and O–H groups in total. The zero-order valence-electron chi connectivity index (χ0n) is 18.9. The molecule has 0 saturated heterocycles. The standard InChI is InChI=1S/C27H26Cl2N2O3/c1-16(2)34-26-8-7-17(18-9-20(28)13-21(29)10-18)12-24(26)27(33)31-22(15-32)11-19-14-30-25-6-4-3-5-23(19)25/h3-10,12-14,16,22,30,32H,11,15H2,1-2H3,(H,31,33)/t22-/m1/s1. The van der Waals surface area contributed by atoms with Gasteiger partial charge in [0.25, 0.3) is 5.91 Å². The van der Waals surface area contributed by atoms with Gasteiger partial charge in [-0.25, -0.2) is 0 Å². The van der Waals surface area contributed by atoms with Crippen LogP contribution in [0.1, 0.15) is 29.8 Å². The summed E-state index contributed by atoms with van der Waals surface area (Å²) in [6, 6.07) is 18.1. The van der Waals surface area contributed by atoms with Crippen molar-refractivity contribution in [3.63, 3.8) is 0 Å². The van der Waals surface area contributed by atoms with Crippen molar-refractivity contribution in [2.75, 3.05) is 6.61 Å². The first kappa shape index (κ1) is 24.1. The van der Waals surface area contributed by atoms with Crippen molar-refractivity contribution in [2.24, 2.45) is 0 Å². The number of fused-ring (bicyclic) bond motifs is 1. The van der Waals surface area contributed by atoms with E-state index < -0.39 is 6.04 Å². The molecular formula is C27H26Cl2N2O3. The molecule has 3 aromatic carbocycles. The minimum absolute atomic E-state index is 0.113. The van der Waals surface area contributed by atoms with Crippen molar-refractivity contribution in [1.82, 2.24) is 10.3 Å². The molecule has 0 radical (unpaired) electrons. The van der Waals surface area contributed by atoms with Crippen LogP contribution in [0.15, 0.2) is 66.9 Å². The molecule has 0 unspecified atom stereocenters. The lowest BCUT2D eigenvalue weighted by molar-refractivity contribution is 0.0910. The number of H-pyrrole nitrogens is 1. The van der Waals surface area contributed by atoms with Gasteiger partial charge in [-0.3, -0.25) is 4.79 Å². The number of hydrogen-bond acceptors (Lipinski definition) is 3. The number of aliphatic hydroxyl groups is 1. The number of benzene rings is 3. The molecule has 0 spiro atoms. The van der Waals surface area contributed by atoms with Gasteiger partial charge < -0.3 is 20.1 Å². The Morgan fingerprint density at radius 3 is 2.47 bits per heavy atom. The summed E-state index contributed by atoms with van der Waals surface area (Å²) < 4.78 is 5.90. The molecule has 0 aliphatic heterocycles. The Morgan fingerprint density at radius 2 is 1.76 bits per heavy atom. The van der Waals surface area contributed by atoms with Crippen LogP contribution < -0.4 is 10.1 Å². The normalized spacial score (nSPS) is 12.2. The molecule has 0 saturated carbocycles. The third-order valence-electron chi connectivity index (χ3n) is 5.48. The summed E-state index contributed by atoms with van der Waals surface area (Å²) in [6.45, 7) is 3.61. The highest BCUT2D eigenvalue weighted by atomic mass is 35.5. The minimum atomic E-state index is -0.470. The van der Waals surface area contributed by atoms with Crippen LogP contribution in [0.4, 0.5) is 0 Å². The van der Waals surface area contributed by atoms with Crippen molar-refractivity contribution < 1.29 is 14.6 Å². The molecule has 176 valence electrons. The second-order valence-corrected chi connectivity index (χ2v) is 9.33. The van der Waals surface area contributed by atoms with Crippen LogP contribution in [-0.4, -0.2) is 34.8 Å². The van der Waals surface area contributed by atoms with E-state index in [0.717, 1.165) is 27.6 Å². The average Bonchev–Trinajstić information content (AvgIpc) is 3.20. The third kappa shape index (κ3) is 5.55. The molecule has 7 heteroatoms. The Labute approximate surface area is 208 Å². The van der Waals surface area contributed by atoms with Crippen LogP contribution in [0, 0.1) is 0 Å². The maximum Gasteiger partial charge on any atom is 0.255 e. The van der Waals surface area contributed by atoms with Gasteiger partial charge in [0.1, 0.15) is 5.75 Å². The number of aromatic amines is 1. The molecule has 0 aliphatic carbocycles. The van der Waals surface area contributed by atoms with Crippen LogP contribution in [0.3, 0.4) is 0 Å². The van der Waals surface area contributed by atoms with Crippen molar-refractivity contribution >= 4 is 40.0 Å². The number of para-hydroxylation sites is 1. The largest absolute Gasteiger partial charge is 0.490 e. The minimum Gasteiger partial charge on any atom is -0.490 e. The number of carbonyl (C=O) groups excluding carboxylic acids is 1. The van der Waals surface area contributed by atoms with Crippen molar-refractivity contribution in [3.05, 3.63) is 88.0 Å². The molecule has 1 aromatic heterocycles. The first-order valence-electron chi connectivity index (χ1n) is 11.1. The number of nitrogens with one attached hydrogen (secondary N) is 2. The molecule has 34 heavy (non-hydrogen) atoms. The summed E-state index contributed by atoms with van der Waals surface area (Å²) in [7, 11) is 0. The summed E-state index contributed by atoms with van der Waals surface area (Å²) in [5.74, 6) is 0.137. The van der Waals surface area contributed by atoms with E-state index in [1.165, 1.54) is 0 Å². The van der Waals surface area contributed by atoms with E-state index in [9.17, 15) is 9.90 Å². The fourth-order valence-corrected chi connectivity index (χ4v) is 4.48. The van der Waals surface area contributed by atoms with Gasteiger partial charge >= 0.3 is 0 Å². The van der Waals surface area contributed by atoms with Gasteiger partial charge in [0.2, 0.25) is 0 Å². The predicted octanol–water partition coefficient (Wildman–Crippen LogP) is 6.26. The zero-order valence-corrected chi connectivity index (χ0v) is 20.5. The molecule has 1 atom stereocenters. The van der Waals surface area contributed by atoms with Gasteiger partial charge in [0.05, 0.1) is 24.3 Å². The van der Waals surface area contributed by atoms with Crippen LogP contribution in [0.2, 0.25) is 10.0 Å². The zero-order chi connectivity index (χ0) is 24.2. The summed E-state index contributed by atoms with van der Waals surface area (Å²) in [4.78, 5) is 16.6. The molecule has 5 nitrogen and oxygen atoms in total. The van der Waals surface area contributed by atoms with Gasteiger partial charge in [0.15, 0.2) is 0 Å². The molecule has 0 bridgehead atoms. The summed E-state index contributed by atoms with van der Waals surface area (Å²) in [5.41, 5.74) is 3.99. The predicted molar refractivity (Wildman–Crippen MR) is 138 cm³/mol. The number of ether oxygens (including phenoxy) is 1. The van der Waals surface area contributed by atoms with E-state index in [1.54, 1.807) is 30.3 Å². The molecule has 4 rings (SSSR count). The van der Waals surface area contributed by atoms with E-state index in [2.05, 4.69) is 10.3 Å². The number of amides is 1. The van der Waals surface area contributed by atoms with Crippen molar-refractivity contribution in [2.45, 2.75) is 32.4 Å². The van der Waals surface area contributed by atoms with E-state index in [1.807, 2.05) is 50.4 Å². The maximum atomic E-state index is 13.4. The summed E-state index contributed by atoms with van der Waals surface area (Å²) in [6.07, 6.45) is 2.28. The SMILES string of the molecule is CC(C)Oc1ccc(-c2cc(Cl)cc(Cl)c2)cc1C(=O)N[C@@H](CO)Cc1c[nH]c2ccccc12. The number of hydrogen-bond donors (Lipinski definition) is 3. The molecule has 1 heterocycles. The third-order valence-corrected chi connectivity index (χ3v) is 5.92. The molecule has 1 amide bonds. The monoisotopic (exact) mass is 496 g/mol. The number of aliphatic hydroxyl groups excluding tert-OH is 1. The van der Waals surface area contributed by atoms with Gasteiger partial charge in [-0.1, -0.05) is 47.5 Å². The Morgan fingerprint density at radius 1 is 1.03 bits per heavy atom. The first-order valence-corrected chi connectivity index (χ1v) is 11.8. The lowest BCUT2D eigenvalue weighted by atomic mass is 10.0. The summed E-state index contributed by atoms with van der Waals surface area (Å²) >= 11 is 12.4. The van der Waals surface area contributed by atoms with Gasteiger partial charge in [-0.15, -0.1) is 0 Å². The first-order chi connectivity index (χ1) is 16.3. The summed E-state index contributed by atoms with van der Waals surface area (Å²) in [5, 5.41) is 15.1. The highest BCUT2D eigenvalue weighted by Gasteiger charge is 2.20. The molecule has 4 aromatic rings. The van der Waals surface area contributed by atoms with Crippen molar-refractivity contribution in [1.29, 1.82) is 0 Å². The van der Waals surface area contributed by atoms with Gasteiger partial charge in [0, 0.05) is 27.1 Å². The maximum absolute atomic E-state index is 13.4. The topological polar surface area (TPSA) is 74.3 Å². The van der Waals surface area contributed by atoms with Crippen LogP contribution in [-0.2, 0) is 6.42 Å². The highest BCUT2D eigenvalue weighted by molar-refractivity contribution is 6.35. The Balaban J connectivity index is 1.62. The second kappa shape index (κ2) is 10.5.